The molecule has 0 saturated heterocycles. The number of methoxy groups -OCH3 is 2. The SMILES string of the molecule is COc1ccc(CCNC(=O)CNC(C)(C)c2ccc(F)cc2Cl)cc1OC. The summed E-state index contributed by atoms with van der Waals surface area (Å²) in [6.07, 6.45) is 0.666. The van der Waals surface area contributed by atoms with Crippen molar-refractivity contribution in [3.05, 3.63) is 58.4 Å². The zero-order valence-corrected chi connectivity index (χ0v) is 17.3. The summed E-state index contributed by atoms with van der Waals surface area (Å²) in [5.41, 5.74) is 1.18. The largest absolute Gasteiger partial charge is 0.493 e. The maximum absolute atomic E-state index is 13.2. The topological polar surface area (TPSA) is 59.6 Å². The van der Waals surface area contributed by atoms with Gasteiger partial charge < -0.3 is 14.8 Å². The Morgan fingerprint density at radius 2 is 1.82 bits per heavy atom. The average molecular weight is 409 g/mol. The first-order chi connectivity index (χ1) is 13.3. The number of hydrogen-bond acceptors (Lipinski definition) is 4. The fourth-order valence-corrected chi connectivity index (χ4v) is 3.24. The van der Waals surface area contributed by atoms with Crippen molar-refractivity contribution < 1.29 is 18.7 Å². The Balaban J connectivity index is 1.84. The number of hydrogen-bond donors (Lipinski definition) is 2. The van der Waals surface area contributed by atoms with Crippen LogP contribution >= 0.6 is 11.6 Å². The first kappa shape index (κ1) is 22.0. The molecule has 0 aliphatic rings. The van der Waals surface area contributed by atoms with E-state index >= 15 is 0 Å². The van der Waals surface area contributed by atoms with Crippen molar-refractivity contribution in [2.45, 2.75) is 25.8 Å². The van der Waals surface area contributed by atoms with E-state index < -0.39 is 11.4 Å². The summed E-state index contributed by atoms with van der Waals surface area (Å²) in [6.45, 7) is 4.40. The highest BCUT2D eigenvalue weighted by Crippen LogP contribution is 2.28. The molecule has 1 amide bonds. The third-order valence-corrected chi connectivity index (χ3v) is 4.79. The Bertz CT molecular complexity index is 827. The van der Waals surface area contributed by atoms with Crippen LogP contribution < -0.4 is 20.1 Å². The van der Waals surface area contributed by atoms with Crippen molar-refractivity contribution in [3.63, 3.8) is 0 Å². The van der Waals surface area contributed by atoms with Crippen molar-refractivity contribution in [2.75, 3.05) is 27.3 Å². The van der Waals surface area contributed by atoms with Crippen LogP contribution in [0.3, 0.4) is 0 Å². The molecule has 2 N–H and O–H groups in total. The zero-order chi connectivity index (χ0) is 20.7. The Labute approximate surface area is 170 Å². The monoisotopic (exact) mass is 408 g/mol. The number of carbonyl (C=O) groups is 1. The Hall–Kier alpha value is -2.31. The van der Waals surface area contributed by atoms with E-state index in [9.17, 15) is 9.18 Å². The third-order valence-electron chi connectivity index (χ3n) is 4.48. The minimum Gasteiger partial charge on any atom is -0.493 e. The first-order valence-corrected chi connectivity index (χ1v) is 9.33. The van der Waals surface area contributed by atoms with E-state index in [-0.39, 0.29) is 12.5 Å². The molecular formula is C21H26ClFN2O3. The van der Waals surface area contributed by atoms with E-state index in [1.807, 2.05) is 32.0 Å². The normalized spacial score (nSPS) is 11.2. The van der Waals surface area contributed by atoms with Crippen molar-refractivity contribution in [1.82, 2.24) is 10.6 Å². The van der Waals surface area contributed by atoms with Crippen LogP contribution in [-0.4, -0.2) is 33.2 Å². The summed E-state index contributed by atoms with van der Waals surface area (Å²) in [5, 5.41) is 6.37. The van der Waals surface area contributed by atoms with Crippen LogP contribution in [0.25, 0.3) is 0 Å². The lowest BCUT2D eigenvalue weighted by Crippen LogP contribution is -2.44. The molecule has 7 heteroatoms. The van der Waals surface area contributed by atoms with Crippen molar-refractivity contribution in [1.29, 1.82) is 0 Å². The maximum atomic E-state index is 13.2. The molecule has 0 bridgehead atoms. The van der Waals surface area contributed by atoms with Crippen LogP contribution in [0.15, 0.2) is 36.4 Å². The summed E-state index contributed by atoms with van der Waals surface area (Å²) < 4.78 is 23.7. The van der Waals surface area contributed by atoms with Gasteiger partial charge in [-0.25, -0.2) is 4.39 Å². The van der Waals surface area contributed by atoms with Gasteiger partial charge in [-0.2, -0.15) is 0 Å². The van der Waals surface area contributed by atoms with E-state index in [2.05, 4.69) is 10.6 Å². The second kappa shape index (κ2) is 9.75. The van der Waals surface area contributed by atoms with Gasteiger partial charge in [0.15, 0.2) is 11.5 Å². The minimum atomic E-state index is -0.578. The van der Waals surface area contributed by atoms with Gasteiger partial charge in [-0.05, 0) is 55.7 Å². The molecular weight excluding hydrogens is 383 g/mol. The van der Waals surface area contributed by atoms with Crippen LogP contribution in [-0.2, 0) is 16.8 Å². The molecule has 0 spiro atoms. The summed E-state index contributed by atoms with van der Waals surface area (Å²) >= 11 is 6.13. The Morgan fingerprint density at radius 3 is 2.46 bits per heavy atom. The Kier molecular flexibility index (Phi) is 7.66. The van der Waals surface area contributed by atoms with Crippen molar-refractivity contribution in [3.8, 4) is 11.5 Å². The van der Waals surface area contributed by atoms with E-state index in [1.165, 1.54) is 12.1 Å². The van der Waals surface area contributed by atoms with Gasteiger partial charge in [0.1, 0.15) is 5.82 Å². The predicted molar refractivity (Wildman–Crippen MR) is 109 cm³/mol. The lowest BCUT2D eigenvalue weighted by atomic mass is 9.94. The predicted octanol–water partition coefficient (Wildman–Crippen LogP) is 3.68. The highest BCUT2D eigenvalue weighted by Gasteiger charge is 2.23. The molecule has 2 rings (SSSR count). The van der Waals surface area contributed by atoms with Crippen LogP contribution in [0.1, 0.15) is 25.0 Å². The molecule has 5 nitrogen and oxygen atoms in total. The number of nitrogens with one attached hydrogen (secondary N) is 2. The van der Waals surface area contributed by atoms with E-state index in [0.29, 0.717) is 29.5 Å². The van der Waals surface area contributed by atoms with Crippen LogP contribution in [0, 0.1) is 5.82 Å². The molecule has 0 saturated carbocycles. The summed E-state index contributed by atoms with van der Waals surface area (Å²) in [5.74, 6) is 0.802. The standard InChI is InChI=1S/C21H26ClFN2O3/c1-21(2,16-7-6-15(23)12-17(16)22)25-13-20(26)24-10-9-14-5-8-18(27-3)19(11-14)28-4/h5-8,11-12,25H,9-10,13H2,1-4H3,(H,24,26). The molecule has 2 aromatic carbocycles. The van der Waals surface area contributed by atoms with E-state index in [0.717, 1.165) is 11.1 Å². The smallest absolute Gasteiger partial charge is 0.233 e. The molecule has 0 aliphatic heterocycles. The number of carbonyl (C=O) groups excluding carboxylic acids is 1. The molecule has 0 heterocycles. The molecule has 0 radical (unpaired) electrons. The first-order valence-electron chi connectivity index (χ1n) is 8.95. The number of rotatable bonds is 9. The van der Waals surface area contributed by atoms with Gasteiger partial charge >= 0.3 is 0 Å². The molecule has 0 aliphatic carbocycles. The third kappa shape index (κ3) is 5.84. The zero-order valence-electron chi connectivity index (χ0n) is 16.6. The molecule has 0 unspecified atom stereocenters. The summed E-state index contributed by atoms with van der Waals surface area (Å²) in [6, 6.07) is 9.91. The van der Waals surface area contributed by atoms with Crippen LogP contribution in [0.4, 0.5) is 4.39 Å². The number of amides is 1. The maximum Gasteiger partial charge on any atom is 0.233 e. The summed E-state index contributed by atoms with van der Waals surface area (Å²) in [7, 11) is 3.18. The second-order valence-electron chi connectivity index (χ2n) is 6.89. The molecule has 152 valence electrons. The number of ether oxygens (including phenoxy) is 2. The summed E-state index contributed by atoms with van der Waals surface area (Å²) in [4.78, 5) is 12.2. The van der Waals surface area contributed by atoms with Crippen LogP contribution in [0.2, 0.25) is 5.02 Å². The minimum absolute atomic E-state index is 0.118. The average Bonchev–Trinajstić information content (AvgIpc) is 2.66. The molecule has 0 aromatic heterocycles. The number of halogens is 2. The van der Waals surface area contributed by atoms with Crippen LogP contribution in [0.5, 0.6) is 11.5 Å². The van der Waals surface area contributed by atoms with Gasteiger partial charge in [0.25, 0.3) is 0 Å². The molecule has 0 atom stereocenters. The highest BCUT2D eigenvalue weighted by molar-refractivity contribution is 6.31. The fourth-order valence-electron chi connectivity index (χ4n) is 2.84. The van der Waals surface area contributed by atoms with E-state index in [4.69, 9.17) is 21.1 Å². The van der Waals surface area contributed by atoms with Crippen molar-refractivity contribution >= 4 is 17.5 Å². The van der Waals surface area contributed by atoms with Gasteiger partial charge in [-0.3, -0.25) is 10.1 Å². The fraction of sp³-hybridized carbons (Fsp3) is 0.381. The second-order valence-corrected chi connectivity index (χ2v) is 7.30. The number of benzene rings is 2. The van der Waals surface area contributed by atoms with Gasteiger partial charge in [0.05, 0.1) is 20.8 Å². The van der Waals surface area contributed by atoms with Gasteiger partial charge in [0, 0.05) is 17.1 Å². The molecule has 2 aromatic rings. The Morgan fingerprint density at radius 1 is 1.11 bits per heavy atom. The van der Waals surface area contributed by atoms with Gasteiger partial charge in [-0.15, -0.1) is 0 Å². The van der Waals surface area contributed by atoms with Gasteiger partial charge in [0.2, 0.25) is 5.91 Å². The highest BCUT2D eigenvalue weighted by atomic mass is 35.5. The molecule has 0 fully saturated rings. The van der Waals surface area contributed by atoms with E-state index in [1.54, 1.807) is 20.3 Å². The van der Waals surface area contributed by atoms with Gasteiger partial charge in [-0.1, -0.05) is 23.7 Å². The lowest BCUT2D eigenvalue weighted by molar-refractivity contribution is -0.120. The molecule has 28 heavy (non-hydrogen) atoms. The lowest BCUT2D eigenvalue weighted by Gasteiger charge is -2.27. The quantitative estimate of drug-likeness (QED) is 0.664. The van der Waals surface area contributed by atoms with Crippen molar-refractivity contribution in [2.24, 2.45) is 0 Å².